The number of rotatable bonds is 5. The summed E-state index contributed by atoms with van der Waals surface area (Å²) in [4.78, 5) is 26.3. The lowest BCUT2D eigenvalue weighted by Crippen LogP contribution is -2.34. The maximum absolute atomic E-state index is 12.2. The SMILES string of the molecule is COc1ccc(CN2CCCC(c3cc(=O)[nH]c(-c4ccccn4)n3)C2)c(O)c1. The van der Waals surface area contributed by atoms with E-state index >= 15 is 0 Å². The summed E-state index contributed by atoms with van der Waals surface area (Å²) >= 11 is 0. The lowest BCUT2D eigenvalue weighted by atomic mass is 9.94. The van der Waals surface area contributed by atoms with Gasteiger partial charge in [-0.05, 0) is 37.6 Å². The van der Waals surface area contributed by atoms with Gasteiger partial charge >= 0.3 is 0 Å². The Morgan fingerprint density at radius 2 is 2.17 bits per heavy atom. The van der Waals surface area contributed by atoms with Crippen LogP contribution in [-0.2, 0) is 6.54 Å². The van der Waals surface area contributed by atoms with Gasteiger partial charge in [-0.25, -0.2) is 4.98 Å². The number of ether oxygens (including phenoxy) is 1. The molecular weight excluding hydrogens is 368 g/mol. The van der Waals surface area contributed by atoms with Crippen molar-refractivity contribution in [2.45, 2.75) is 25.3 Å². The standard InChI is InChI=1S/C22H24N4O3/c1-29-17-8-7-16(20(27)11-17)14-26-10-4-5-15(13-26)19-12-21(28)25-22(24-19)18-6-2-3-9-23-18/h2-3,6-9,11-12,15,27H,4-5,10,13-14H2,1H3,(H,24,25,28). The zero-order valence-corrected chi connectivity index (χ0v) is 16.3. The number of hydrogen-bond donors (Lipinski definition) is 2. The molecule has 7 heteroatoms. The third-order valence-corrected chi connectivity index (χ3v) is 5.28. The van der Waals surface area contributed by atoms with Crippen molar-refractivity contribution >= 4 is 0 Å². The Bertz CT molecular complexity index is 1040. The molecule has 0 spiro atoms. The van der Waals surface area contributed by atoms with Gasteiger partial charge in [-0.2, -0.15) is 0 Å². The van der Waals surface area contributed by atoms with E-state index in [2.05, 4.69) is 14.9 Å². The molecule has 1 saturated heterocycles. The first-order valence-corrected chi connectivity index (χ1v) is 9.73. The van der Waals surface area contributed by atoms with E-state index in [1.807, 2.05) is 30.3 Å². The number of piperidine rings is 1. The molecule has 1 fully saturated rings. The number of likely N-dealkylation sites (tertiary alicyclic amines) is 1. The predicted molar refractivity (Wildman–Crippen MR) is 110 cm³/mol. The molecule has 1 aliphatic rings. The molecule has 150 valence electrons. The number of benzene rings is 1. The second kappa shape index (κ2) is 8.45. The number of nitrogens with one attached hydrogen (secondary N) is 1. The van der Waals surface area contributed by atoms with Crippen molar-refractivity contribution in [3.63, 3.8) is 0 Å². The molecule has 1 aromatic carbocycles. The number of pyridine rings is 1. The van der Waals surface area contributed by atoms with Crippen LogP contribution >= 0.6 is 0 Å². The van der Waals surface area contributed by atoms with Crippen LogP contribution in [0.2, 0.25) is 0 Å². The maximum atomic E-state index is 12.2. The average molecular weight is 392 g/mol. The molecule has 0 bridgehead atoms. The van der Waals surface area contributed by atoms with E-state index < -0.39 is 0 Å². The van der Waals surface area contributed by atoms with Crippen LogP contribution in [0.3, 0.4) is 0 Å². The number of H-pyrrole nitrogens is 1. The highest BCUT2D eigenvalue weighted by atomic mass is 16.5. The summed E-state index contributed by atoms with van der Waals surface area (Å²) in [6.07, 6.45) is 3.67. The van der Waals surface area contributed by atoms with Gasteiger partial charge in [-0.15, -0.1) is 0 Å². The summed E-state index contributed by atoms with van der Waals surface area (Å²) in [5, 5.41) is 10.3. The average Bonchev–Trinajstić information content (AvgIpc) is 2.75. The fourth-order valence-electron chi connectivity index (χ4n) is 3.80. The van der Waals surface area contributed by atoms with Crippen molar-refractivity contribution in [1.29, 1.82) is 0 Å². The summed E-state index contributed by atoms with van der Waals surface area (Å²) in [5.74, 6) is 1.53. The van der Waals surface area contributed by atoms with E-state index in [0.29, 0.717) is 23.8 Å². The van der Waals surface area contributed by atoms with Crippen LogP contribution in [-0.4, -0.2) is 45.2 Å². The Kier molecular flexibility index (Phi) is 5.57. The van der Waals surface area contributed by atoms with Gasteiger partial charge in [0, 0.05) is 42.9 Å². The van der Waals surface area contributed by atoms with Gasteiger partial charge in [0.15, 0.2) is 5.82 Å². The molecule has 4 rings (SSSR count). The Balaban J connectivity index is 1.53. The highest BCUT2D eigenvalue weighted by Gasteiger charge is 2.24. The van der Waals surface area contributed by atoms with Gasteiger partial charge in [0.25, 0.3) is 5.56 Å². The number of methoxy groups -OCH3 is 1. The highest BCUT2D eigenvalue weighted by Crippen LogP contribution is 2.29. The fourth-order valence-corrected chi connectivity index (χ4v) is 3.80. The van der Waals surface area contributed by atoms with Crippen molar-refractivity contribution < 1.29 is 9.84 Å². The molecule has 7 nitrogen and oxygen atoms in total. The molecule has 1 atom stereocenters. The van der Waals surface area contributed by atoms with Crippen molar-refractivity contribution in [2.24, 2.45) is 0 Å². The molecule has 1 unspecified atom stereocenters. The first kappa shape index (κ1) is 19.1. The van der Waals surface area contributed by atoms with Crippen LogP contribution in [0.25, 0.3) is 11.5 Å². The summed E-state index contributed by atoms with van der Waals surface area (Å²) in [6.45, 7) is 2.37. The van der Waals surface area contributed by atoms with Crippen LogP contribution < -0.4 is 10.3 Å². The summed E-state index contributed by atoms with van der Waals surface area (Å²) in [6, 6.07) is 12.5. The molecule has 0 aliphatic carbocycles. The number of aromatic amines is 1. The number of aromatic hydroxyl groups is 1. The topological polar surface area (TPSA) is 91.3 Å². The summed E-state index contributed by atoms with van der Waals surface area (Å²) in [7, 11) is 1.58. The van der Waals surface area contributed by atoms with Crippen LogP contribution in [0.1, 0.15) is 30.0 Å². The minimum atomic E-state index is -0.166. The fraction of sp³-hybridized carbons (Fsp3) is 0.318. The van der Waals surface area contributed by atoms with Crippen molar-refractivity contribution in [3.05, 3.63) is 70.3 Å². The van der Waals surface area contributed by atoms with Crippen LogP contribution in [0.5, 0.6) is 11.5 Å². The largest absolute Gasteiger partial charge is 0.507 e. The molecule has 3 aromatic rings. The van der Waals surface area contributed by atoms with E-state index in [1.165, 1.54) is 0 Å². The van der Waals surface area contributed by atoms with Crippen LogP contribution in [0.4, 0.5) is 0 Å². The molecule has 2 aromatic heterocycles. The maximum Gasteiger partial charge on any atom is 0.251 e. The Morgan fingerprint density at radius 3 is 2.93 bits per heavy atom. The van der Waals surface area contributed by atoms with E-state index in [9.17, 15) is 9.90 Å². The number of aromatic nitrogens is 3. The van der Waals surface area contributed by atoms with Gasteiger partial charge in [0.1, 0.15) is 17.2 Å². The lowest BCUT2D eigenvalue weighted by Gasteiger charge is -2.32. The van der Waals surface area contributed by atoms with Gasteiger partial charge in [0.2, 0.25) is 0 Å². The Morgan fingerprint density at radius 1 is 1.28 bits per heavy atom. The quantitative estimate of drug-likeness (QED) is 0.694. The number of nitrogens with zero attached hydrogens (tertiary/aromatic N) is 3. The summed E-state index contributed by atoms with van der Waals surface area (Å²) < 4.78 is 5.15. The van der Waals surface area contributed by atoms with E-state index in [1.54, 1.807) is 25.4 Å². The normalized spacial score (nSPS) is 17.2. The smallest absolute Gasteiger partial charge is 0.251 e. The predicted octanol–water partition coefficient (Wildman–Crippen LogP) is 2.93. The monoisotopic (exact) mass is 392 g/mol. The van der Waals surface area contributed by atoms with Crippen LogP contribution in [0.15, 0.2) is 53.5 Å². The van der Waals surface area contributed by atoms with E-state index in [-0.39, 0.29) is 17.2 Å². The molecule has 0 amide bonds. The number of hydrogen-bond acceptors (Lipinski definition) is 6. The molecular formula is C22H24N4O3. The number of phenols is 1. The molecule has 0 radical (unpaired) electrons. The second-order valence-corrected chi connectivity index (χ2v) is 7.30. The Hall–Kier alpha value is -3.19. The van der Waals surface area contributed by atoms with Crippen LogP contribution in [0, 0.1) is 0 Å². The minimum Gasteiger partial charge on any atom is -0.507 e. The third kappa shape index (κ3) is 4.46. The minimum absolute atomic E-state index is 0.161. The zero-order chi connectivity index (χ0) is 20.2. The highest BCUT2D eigenvalue weighted by molar-refractivity contribution is 5.48. The molecule has 1 aliphatic heterocycles. The van der Waals surface area contributed by atoms with E-state index in [0.717, 1.165) is 37.2 Å². The first-order chi connectivity index (χ1) is 14.1. The molecule has 0 saturated carbocycles. The van der Waals surface area contributed by atoms with Crippen molar-refractivity contribution in [2.75, 3.05) is 20.2 Å². The molecule has 29 heavy (non-hydrogen) atoms. The zero-order valence-electron chi connectivity index (χ0n) is 16.3. The first-order valence-electron chi connectivity index (χ1n) is 9.73. The molecule has 2 N–H and O–H groups in total. The molecule has 3 heterocycles. The van der Waals surface area contributed by atoms with Gasteiger partial charge < -0.3 is 14.8 Å². The van der Waals surface area contributed by atoms with Gasteiger partial charge in [-0.1, -0.05) is 12.1 Å². The van der Waals surface area contributed by atoms with Crippen molar-refractivity contribution in [1.82, 2.24) is 19.9 Å². The third-order valence-electron chi connectivity index (χ3n) is 5.28. The van der Waals surface area contributed by atoms with Gasteiger partial charge in [0.05, 0.1) is 12.8 Å². The Labute approximate surface area is 169 Å². The van der Waals surface area contributed by atoms with E-state index in [4.69, 9.17) is 9.72 Å². The van der Waals surface area contributed by atoms with Crippen molar-refractivity contribution in [3.8, 4) is 23.0 Å². The summed E-state index contributed by atoms with van der Waals surface area (Å²) in [5.41, 5.74) is 2.14. The number of phenolic OH excluding ortho intramolecular Hbond substituents is 1. The second-order valence-electron chi connectivity index (χ2n) is 7.30. The lowest BCUT2D eigenvalue weighted by molar-refractivity contribution is 0.196. The van der Waals surface area contributed by atoms with Gasteiger partial charge in [-0.3, -0.25) is 14.7 Å².